The van der Waals surface area contributed by atoms with Crippen LogP contribution in [0.15, 0.2) is 53.4 Å². The van der Waals surface area contributed by atoms with Crippen molar-refractivity contribution in [2.24, 2.45) is 0 Å². The second-order valence-electron chi connectivity index (χ2n) is 5.74. The number of sulfonamides is 1. The summed E-state index contributed by atoms with van der Waals surface area (Å²) in [4.78, 5) is 19.1. The molecule has 0 saturated carbocycles. The quantitative estimate of drug-likeness (QED) is 0.773. The van der Waals surface area contributed by atoms with Gasteiger partial charge in [-0.25, -0.2) is 18.1 Å². The summed E-state index contributed by atoms with van der Waals surface area (Å²) in [6.07, 6.45) is 0. The fourth-order valence-electron chi connectivity index (χ4n) is 3.05. The molecule has 1 N–H and O–H groups in total. The van der Waals surface area contributed by atoms with E-state index in [-0.39, 0.29) is 10.8 Å². The van der Waals surface area contributed by atoms with Crippen molar-refractivity contribution in [1.82, 2.24) is 14.3 Å². The van der Waals surface area contributed by atoms with Gasteiger partial charge in [0.1, 0.15) is 0 Å². The van der Waals surface area contributed by atoms with Crippen LogP contribution < -0.4 is 9.62 Å². The van der Waals surface area contributed by atoms with Crippen LogP contribution in [0.25, 0.3) is 11.0 Å². The van der Waals surface area contributed by atoms with E-state index in [0.29, 0.717) is 24.6 Å². The number of benzene rings is 2. The van der Waals surface area contributed by atoms with E-state index in [1.807, 2.05) is 28.8 Å². The van der Waals surface area contributed by atoms with Gasteiger partial charge in [-0.1, -0.05) is 18.2 Å². The lowest BCUT2D eigenvalue weighted by Crippen LogP contribution is -2.29. The van der Waals surface area contributed by atoms with Crippen molar-refractivity contribution in [2.75, 3.05) is 18.5 Å². The Labute approximate surface area is 144 Å². The van der Waals surface area contributed by atoms with E-state index in [0.717, 1.165) is 11.0 Å². The number of anilines is 1. The van der Waals surface area contributed by atoms with Crippen molar-refractivity contribution < 1.29 is 13.2 Å². The van der Waals surface area contributed by atoms with Crippen LogP contribution >= 0.6 is 0 Å². The van der Waals surface area contributed by atoms with E-state index in [4.69, 9.17) is 0 Å². The van der Waals surface area contributed by atoms with E-state index < -0.39 is 10.0 Å². The van der Waals surface area contributed by atoms with Gasteiger partial charge in [0.15, 0.2) is 0 Å². The molecule has 7 nitrogen and oxygen atoms in total. The molecule has 1 aliphatic heterocycles. The predicted molar refractivity (Wildman–Crippen MR) is 94.1 cm³/mol. The number of carbonyl (C=O) groups excluding carboxylic acids is 1. The minimum absolute atomic E-state index is 0.0635. The van der Waals surface area contributed by atoms with Crippen LogP contribution in [0, 0.1) is 0 Å². The van der Waals surface area contributed by atoms with E-state index in [2.05, 4.69) is 9.71 Å². The highest BCUT2D eigenvalue weighted by Gasteiger charge is 2.29. The number of hydrogen-bond donors (Lipinski definition) is 1. The average molecular weight is 356 g/mol. The van der Waals surface area contributed by atoms with Gasteiger partial charge in [-0.15, -0.1) is 0 Å². The largest absolute Gasteiger partial charge is 0.308 e. The summed E-state index contributed by atoms with van der Waals surface area (Å²) in [7, 11) is -2.26. The summed E-state index contributed by atoms with van der Waals surface area (Å²) >= 11 is 0. The topological polar surface area (TPSA) is 84.3 Å². The number of nitrogens with one attached hydrogen (secondary N) is 1. The van der Waals surface area contributed by atoms with Gasteiger partial charge in [-0.3, -0.25) is 9.69 Å². The maximum atomic E-state index is 12.9. The smallest absolute Gasteiger partial charge is 0.260 e. The van der Waals surface area contributed by atoms with Crippen molar-refractivity contribution in [3.63, 3.8) is 0 Å². The summed E-state index contributed by atoms with van der Waals surface area (Å²) in [5.74, 6) is 0.329. The molecule has 0 atom stereocenters. The lowest BCUT2D eigenvalue weighted by atomic mass is 10.2. The molecule has 0 spiro atoms. The Morgan fingerprint density at radius 1 is 1.12 bits per heavy atom. The Balaban J connectivity index is 1.73. The molecule has 25 heavy (non-hydrogen) atoms. The van der Waals surface area contributed by atoms with Crippen LogP contribution in [0.2, 0.25) is 0 Å². The summed E-state index contributed by atoms with van der Waals surface area (Å²) in [5, 5.41) is 0. The zero-order chi connectivity index (χ0) is 17.6. The Hall–Kier alpha value is -2.71. The van der Waals surface area contributed by atoms with Crippen LogP contribution in [0.3, 0.4) is 0 Å². The average Bonchev–Trinajstić information content (AvgIpc) is 3.20. The zero-order valence-corrected chi connectivity index (χ0v) is 14.3. The van der Waals surface area contributed by atoms with Gasteiger partial charge in [0.25, 0.3) is 5.91 Å². The van der Waals surface area contributed by atoms with Gasteiger partial charge < -0.3 is 4.57 Å². The Bertz CT molecular complexity index is 1090. The minimum Gasteiger partial charge on any atom is -0.308 e. The molecule has 1 aliphatic rings. The molecule has 0 bridgehead atoms. The number of para-hydroxylation sites is 2. The summed E-state index contributed by atoms with van der Waals surface area (Å²) in [6, 6.07) is 13.8. The van der Waals surface area contributed by atoms with Crippen molar-refractivity contribution >= 4 is 32.9 Å². The van der Waals surface area contributed by atoms with Gasteiger partial charge in [-0.05, 0) is 37.4 Å². The minimum atomic E-state index is -3.60. The summed E-state index contributed by atoms with van der Waals surface area (Å²) in [6.45, 7) is 1.17. The molecule has 128 valence electrons. The van der Waals surface area contributed by atoms with Gasteiger partial charge in [0, 0.05) is 18.7 Å². The van der Waals surface area contributed by atoms with Crippen LogP contribution in [0.4, 0.5) is 5.95 Å². The van der Waals surface area contributed by atoms with E-state index >= 15 is 0 Å². The van der Waals surface area contributed by atoms with Gasteiger partial charge in [0.2, 0.25) is 16.0 Å². The number of fused-ring (bicyclic) bond motifs is 3. The normalized spacial score (nSPS) is 14.0. The first-order valence-electron chi connectivity index (χ1n) is 7.82. The number of hydrogen-bond acceptors (Lipinski definition) is 4. The molecular formula is C17H16N4O3S. The molecule has 2 aromatic carbocycles. The molecule has 0 saturated heterocycles. The third-order valence-corrected chi connectivity index (χ3v) is 5.74. The fourth-order valence-corrected chi connectivity index (χ4v) is 3.83. The number of nitrogens with zero attached hydrogens (tertiary/aromatic N) is 3. The van der Waals surface area contributed by atoms with Crippen molar-refractivity contribution in [3.05, 3.63) is 54.1 Å². The molecule has 0 unspecified atom stereocenters. The first-order valence-corrected chi connectivity index (χ1v) is 9.30. The molecule has 0 radical (unpaired) electrons. The highest BCUT2D eigenvalue weighted by molar-refractivity contribution is 7.89. The highest BCUT2D eigenvalue weighted by Crippen LogP contribution is 2.28. The standard InChI is InChI=1S/C17H16N4O3S/c1-18-25(23,24)13-6-4-5-12(11-13)16(22)21-10-9-20-15-8-3-2-7-14(15)19-17(20)21/h2-8,11,18H,9-10H2,1H3. The van der Waals surface area contributed by atoms with Crippen LogP contribution in [-0.2, 0) is 16.6 Å². The van der Waals surface area contributed by atoms with Crippen molar-refractivity contribution in [1.29, 1.82) is 0 Å². The van der Waals surface area contributed by atoms with E-state index in [9.17, 15) is 13.2 Å². The monoisotopic (exact) mass is 356 g/mol. The molecule has 1 amide bonds. The number of carbonyl (C=O) groups is 1. The first kappa shape index (κ1) is 15.8. The second-order valence-corrected chi connectivity index (χ2v) is 7.63. The summed E-state index contributed by atoms with van der Waals surface area (Å²) < 4.78 is 28.2. The third kappa shape index (κ3) is 2.50. The maximum Gasteiger partial charge on any atom is 0.260 e. The number of amides is 1. The molecular weight excluding hydrogens is 340 g/mol. The SMILES string of the molecule is CNS(=O)(=O)c1cccc(C(=O)N2CCn3c2nc2ccccc23)c1. The Morgan fingerprint density at radius 3 is 2.72 bits per heavy atom. The lowest BCUT2D eigenvalue weighted by Gasteiger charge is -2.14. The summed E-state index contributed by atoms with van der Waals surface area (Å²) in [5.41, 5.74) is 2.14. The maximum absolute atomic E-state index is 12.9. The first-order chi connectivity index (χ1) is 12.0. The molecule has 4 rings (SSSR count). The van der Waals surface area contributed by atoms with Gasteiger partial charge >= 0.3 is 0 Å². The lowest BCUT2D eigenvalue weighted by molar-refractivity contribution is 0.0988. The Kier molecular flexibility index (Phi) is 3.59. The highest BCUT2D eigenvalue weighted by atomic mass is 32.2. The van der Waals surface area contributed by atoms with Crippen LogP contribution in [0.5, 0.6) is 0 Å². The second kappa shape index (κ2) is 5.68. The van der Waals surface area contributed by atoms with E-state index in [1.165, 1.54) is 19.2 Å². The molecule has 0 aliphatic carbocycles. The molecule has 8 heteroatoms. The van der Waals surface area contributed by atoms with Gasteiger partial charge in [-0.2, -0.15) is 0 Å². The van der Waals surface area contributed by atoms with Crippen molar-refractivity contribution in [3.8, 4) is 0 Å². The molecule has 1 aromatic heterocycles. The molecule has 2 heterocycles. The fraction of sp³-hybridized carbons (Fsp3) is 0.176. The van der Waals surface area contributed by atoms with Crippen molar-refractivity contribution in [2.45, 2.75) is 11.4 Å². The molecule has 3 aromatic rings. The number of rotatable bonds is 3. The van der Waals surface area contributed by atoms with E-state index in [1.54, 1.807) is 17.0 Å². The zero-order valence-electron chi connectivity index (χ0n) is 13.5. The molecule has 0 fully saturated rings. The van der Waals surface area contributed by atoms with Crippen LogP contribution in [0.1, 0.15) is 10.4 Å². The number of aromatic nitrogens is 2. The Morgan fingerprint density at radius 2 is 1.92 bits per heavy atom. The third-order valence-electron chi connectivity index (χ3n) is 4.33. The van der Waals surface area contributed by atoms with Gasteiger partial charge in [0.05, 0.1) is 15.9 Å². The van der Waals surface area contributed by atoms with Crippen LogP contribution in [-0.4, -0.2) is 37.5 Å². The number of imidazole rings is 1. The predicted octanol–water partition coefficient (Wildman–Crippen LogP) is 1.60.